The summed E-state index contributed by atoms with van der Waals surface area (Å²) in [5.41, 5.74) is 0. The number of ether oxygens (including phenoxy) is 3. The highest BCUT2D eigenvalue weighted by Crippen LogP contribution is 2.05. The van der Waals surface area contributed by atoms with Crippen molar-refractivity contribution in [2.75, 3.05) is 21.3 Å². The first-order valence-electron chi connectivity index (χ1n) is 5.86. The maximum atomic E-state index is 10.6. The van der Waals surface area contributed by atoms with Crippen LogP contribution in [0, 0.1) is 0 Å². The molecule has 0 bridgehead atoms. The molecule has 0 aliphatic heterocycles. The van der Waals surface area contributed by atoms with Crippen LogP contribution in [0.2, 0.25) is 0 Å². The number of hydrogen-bond acceptors (Lipinski definition) is 4. The second kappa shape index (κ2) is 10.6. The van der Waals surface area contributed by atoms with Crippen molar-refractivity contribution < 1.29 is 19.0 Å². The van der Waals surface area contributed by atoms with Crippen molar-refractivity contribution in [1.82, 2.24) is 0 Å². The third-order valence-corrected chi connectivity index (χ3v) is 2.39. The van der Waals surface area contributed by atoms with E-state index in [4.69, 9.17) is 9.47 Å². The minimum Gasteiger partial charge on any atom is -0.497 e. The first kappa shape index (κ1) is 16.4. The molecule has 1 aromatic rings. The number of methoxy groups -OCH3 is 3. The van der Waals surface area contributed by atoms with E-state index in [2.05, 4.69) is 4.74 Å². The van der Waals surface area contributed by atoms with Gasteiger partial charge in [-0.2, -0.15) is 0 Å². The maximum Gasteiger partial charge on any atom is 0.308 e. The topological polar surface area (TPSA) is 44.8 Å². The van der Waals surface area contributed by atoms with Gasteiger partial charge in [-0.1, -0.05) is 25.1 Å². The van der Waals surface area contributed by atoms with Crippen LogP contribution < -0.4 is 4.74 Å². The molecule has 0 aliphatic rings. The van der Waals surface area contributed by atoms with Gasteiger partial charge < -0.3 is 14.2 Å². The highest BCUT2D eigenvalue weighted by Gasteiger charge is 2.09. The van der Waals surface area contributed by atoms with Crippen LogP contribution in [0.25, 0.3) is 0 Å². The molecule has 1 rings (SSSR count). The van der Waals surface area contributed by atoms with E-state index in [0.29, 0.717) is 6.42 Å². The lowest BCUT2D eigenvalue weighted by Gasteiger charge is -2.09. The van der Waals surface area contributed by atoms with E-state index in [0.717, 1.165) is 12.2 Å². The van der Waals surface area contributed by atoms with Gasteiger partial charge in [0.2, 0.25) is 0 Å². The fourth-order valence-electron chi connectivity index (χ4n) is 1.22. The average Bonchev–Trinajstić information content (AvgIpc) is 2.45. The fraction of sp³-hybridized carbons (Fsp3) is 0.500. The van der Waals surface area contributed by atoms with Crippen LogP contribution in [0.1, 0.15) is 19.8 Å². The Morgan fingerprint density at radius 2 is 1.78 bits per heavy atom. The van der Waals surface area contributed by atoms with Crippen LogP contribution in [0.15, 0.2) is 30.3 Å². The summed E-state index contributed by atoms with van der Waals surface area (Å²) in [6.07, 6.45) is 1.20. The van der Waals surface area contributed by atoms with Crippen molar-refractivity contribution >= 4 is 5.97 Å². The van der Waals surface area contributed by atoms with Crippen molar-refractivity contribution in [3.63, 3.8) is 0 Å². The minimum atomic E-state index is -0.214. The molecule has 1 unspecified atom stereocenters. The molecule has 0 aromatic heterocycles. The molecule has 4 heteroatoms. The summed E-state index contributed by atoms with van der Waals surface area (Å²) in [6, 6.07) is 9.68. The van der Waals surface area contributed by atoms with E-state index >= 15 is 0 Å². The van der Waals surface area contributed by atoms with Crippen LogP contribution in [0.3, 0.4) is 0 Å². The van der Waals surface area contributed by atoms with E-state index in [1.807, 2.05) is 37.3 Å². The van der Waals surface area contributed by atoms with E-state index in [-0.39, 0.29) is 12.1 Å². The highest BCUT2D eigenvalue weighted by atomic mass is 16.5. The predicted octanol–water partition coefficient (Wildman–Crippen LogP) is 2.67. The lowest BCUT2D eigenvalue weighted by atomic mass is 10.2. The van der Waals surface area contributed by atoms with Gasteiger partial charge in [-0.3, -0.25) is 4.79 Å². The summed E-state index contributed by atoms with van der Waals surface area (Å²) < 4.78 is 14.4. The summed E-state index contributed by atoms with van der Waals surface area (Å²) in [6.45, 7) is 1.97. The lowest BCUT2D eigenvalue weighted by Crippen LogP contribution is -2.15. The van der Waals surface area contributed by atoms with Gasteiger partial charge in [0.25, 0.3) is 0 Å². The number of carbonyl (C=O) groups excluding carboxylic acids is 1. The van der Waals surface area contributed by atoms with E-state index in [1.54, 1.807) is 14.2 Å². The molecule has 0 fully saturated rings. The van der Waals surface area contributed by atoms with Gasteiger partial charge in [-0.15, -0.1) is 0 Å². The Bertz CT molecular complexity index is 307. The largest absolute Gasteiger partial charge is 0.497 e. The summed E-state index contributed by atoms with van der Waals surface area (Å²) in [5, 5.41) is 0. The molecule has 0 radical (unpaired) electrons. The third-order valence-electron chi connectivity index (χ3n) is 2.39. The van der Waals surface area contributed by atoms with Crippen molar-refractivity contribution in [1.29, 1.82) is 0 Å². The molecule has 0 N–H and O–H groups in total. The smallest absolute Gasteiger partial charge is 0.308 e. The second-order valence-corrected chi connectivity index (χ2v) is 3.56. The van der Waals surface area contributed by atoms with Gasteiger partial charge in [0.1, 0.15) is 5.75 Å². The highest BCUT2D eigenvalue weighted by molar-refractivity contribution is 5.69. The average molecular weight is 254 g/mol. The van der Waals surface area contributed by atoms with Crippen LogP contribution in [0.5, 0.6) is 5.75 Å². The molecule has 1 atom stereocenters. The fourth-order valence-corrected chi connectivity index (χ4v) is 1.22. The van der Waals surface area contributed by atoms with Crippen LogP contribution in [-0.2, 0) is 14.3 Å². The molecular formula is C14H22O4. The minimum absolute atomic E-state index is 0.00690. The predicted molar refractivity (Wildman–Crippen MR) is 70.7 cm³/mol. The first-order valence-corrected chi connectivity index (χ1v) is 5.86. The normalized spacial score (nSPS) is 10.9. The number of benzene rings is 1. The van der Waals surface area contributed by atoms with E-state index in [9.17, 15) is 4.79 Å². The van der Waals surface area contributed by atoms with Gasteiger partial charge in [0.15, 0.2) is 0 Å². The van der Waals surface area contributed by atoms with E-state index in [1.165, 1.54) is 7.11 Å². The Kier molecular flexibility index (Phi) is 9.68. The standard InChI is InChI=1S/C7H14O3.C7H8O/c1-4-6(9-2)5-7(8)10-3;1-8-7-5-3-2-4-6-7/h6H,4-5H2,1-3H3;2-6H,1H3. The molecular weight excluding hydrogens is 232 g/mol. The zero-order valence-corrected chi connectivity index (χ0v) is 11.5. The summed E-state index contributed by atoms with van der Waals surface area (Å²) in [7, 11) is 4.64. The summed E-state index contributed by atoms with van der Waals surface area (Å²) in [5.74, 6) is 0.696. The van der Waals surface area contributed by atoms with Gasteiger partial charge in [-0.05, 0) is 18.6 Å². The quantitative estimate of drug-likeness (QED) is 0.758. The van der Waals surface area contributed by atoms with Crippen LogP contribution in [-0.4, -0.2) is 33.4 Å². The molecule has 0 saturated carbocycles. The van der Waals surface area contributed by atoms with Gasteiger partial charge >= 0.3 is 5.97 Å². The van der Waals surface area contributed by atoms with Crippen molar-refractivity contribution in [2.45, 2.75) is 25.9 Å². The molecule has 102 valence electrons. The van der Waals surface area contributed by atoms with Gasteiger partial charge in [-0.25, -0.2) is 0 Å². The maximum absolute atomic E-state index is 10.6. The van der Waals surface area contributed by atoms with Crippen LogP contribution in [0.4, 0.5) is 0 Å². The third kappa shape index (κ3) is 7.68. The molecule has 0 spiro atoms. The Morgan fingerprint density at radius 3 is 2.11 bits per heavy atom. The van der Waals surface area contributed by atoms with Crippen molar-refractivity contribution in [3.05, 3.63) is 30.3 Å². The Labute approximate surface area is 109 Å². The molecule has 4 nitrogen and oxygen atoms in total. The number of para-hydroxylation sites is 1. The van der Waals surface area contributed by atoms with Crippen LogP contribution >= 0.6 is 0 Å². The van der Waals surface area contributed by atoms with Gasteiger partial charge in [0, 0.05) is 7.11 Å². The molecule has 0 amide bonds. The first-order chi connectivity index (χ1) is 8.67. The zero-order chi connectivity index (χ0) is 13.8. The Morgan fingerprint density at radius 1 is 1.17 bits per heavy atom. The zero-order valence-electron chi connectivity index (χ0n) is 11.5. The number of hydrogen-bond donors (Lipinski definition) is 0. The summed E-state index contributed by atoms with van der Waals surface area (Å²) in [4.78, 5) is 10.6. The Hall–Kier alpha value is -1.55. The SMILES string of the molecule is CCC(CC(=O)OC)OC.COc1ccccc1. The molecule has 1 aromatic carbocycles. The Balaban J connectivity index is 0.000000327. The monoisotopic (exact) mass is 254 g/mol. The number of esters is 1. The number of carbonyl (C=O) groups is 1. The van der Waals surface area contributed by atoms with Crippen molar-refractivity contribution in [2.24, 2.45) is 0 Å². The lowest BCUT2D eigenvalue weighted by molar-refractivity contribution is -0.143. The molecule has 0 saturated heterocycles. The molecule has 0 heterocycles. The van der Waals surface area contributed by atoms with Gasteiger partial charge in [0.05, 0.1) is 26.7 Å². The molecule has 0 aliphatic carbocycles. The van der Waals surface area contributed by atoms with Crippen molar-refractivity contribution in [3.8, 4) is 5.75 Å². The van der Waals surface area contributed by atoms with E-state index < -0.39 is 0 Å². The summed E-state index contributed by atoms with van der Waals surface area (Å²) >= 11 is 0. The molecule has 18 heavy (non-hydrogen) atoms. The number of rotatable bonds is 5. The second-order valence-electron chi connectivity index (χ2n) is 3.56.